The van der Waals surface area contributed by atoms with E-state index in [0.717, 1.165) is 42.8 Å². The third-order valence-electron chi connectivity index (χ3n) is 3.70. The summed E-state index contributed by atoms with van der Waals surface area (Å²) < 4.78 is 0. The number of nitrogens with zero attached hydrogens (tertiary/aromatic N) is 4. The van der Waals surface area contributed by atoms with Crippen LogP contribution in [-0.2, 0) is 11.2 Å². The molecule has 0 unspecified atom stereocenters. The van der Waals surface area contributed by atoms with Crippen LogP contribution in [0.3, 0.4) is 0 Å². The van der Waals surface area contributed by atoms with Gasteiger partial charge < -0.3 is 15.1 Å². The Labute approximate surface area is 133 Å². The number of pyridine rings is 1. The molecule has 1 aliphatic rings. The maximum absolute atomic E-state index is 12.3. The number of anilines is 2. The molecule has 0 bridgehead atoms. The molecule has 0 aliphatic carbocycles. The van der Waals surface area contributed by atoms with Gasteiger partial charge in [0.2, 0.25) is 5.91 Å². The molecule has 1 aliphatic heterocycles. The second kappa shape index (κ2) is 6.74. The van der Waals surface area contributed by atoms with E-state index < -0.39 is 0 Å². The molecule has 0 radical (unpaired) electrons. The molecule has 1 amide bonds. The lowest BCUT2D eigenvalue weighted by atomic mass is 10.2. The Morgan fingerprint density at radius 2 is 2.14 bits per heavy atom. The number of hydrogen-bond acceptors (Lipinski definition) is 6. The number of carbonyl (C=O) groups is 1. The molecule has 7 heteroatoms. The molecule has 0 saturated carbocycles. The summed E-state index contributed by atoms with van der Waals surface area (Å²) in [4.78, 5) is 25.2. The zero-order chi connectivity index (χ0) is 15.4. The van der Waals surface area contributed by atoms with Gasteiger partial charge in [0, 0.05) is 44.8 Å². The molecule has 2 aromatic rings. The fourth-order valence-corrected chi connectivity index (χ4v) is 3.17. The number of amides is 1. The SMILES string of the molecule is CNc1nc(CC(=O)N2CCN(c3ccccn3)CC2)cs1. The van der Waals surface area contributed by atoms with E-state index in [0.29, 0.717) is 6.42 Å². The number of rotatable bonds is 4. The zero-order valence-electron chi connectivity index (χ0n) is 12.5. The minimum Gasteiger partial charge on any atom is -0.365 e. The molecule has 0 atom stereocenters. The van der Waals surface area contributed by atoms with Gasteiger partial charge in [0.25, 0.3) is 0 Å². The fraction of sp³-hybridized carbons (Fsp3) is 0.400. The Morgan fingerprint density at radius 1 is 1.32 bits per heavy atom. The molecule has 1 saturated heterocycles. The van der Waals surface area contributed by atoms with Crippen molar-refractivity contribution in [3.63, 3.8) is 0 Å². The summed E-state index contributed by atoms with van der Waals surface area (Å²) in [6, 6.07) is 5.91. The molecule has 0 aromatic carbocycles. The van der Waals surface area contributed by atoms with Crippen LogP contribution in [0, 0.1) is 0 Å². The van der Waals surface area contributed by atoms with Gasteiger partial charge in [0.05, 0.1) is 12.1 Å². The molecule has 116 valence electrons. The second-order valence-corrected chi connectivity index (χ2v) is 5.98. The average molecular weight is 317 g/mol. The molecule has 6 nitrogen and oxygen atoms in total. The van der Waals surface area contributed by atoms with Crippen LogP contribution >= 0.6 is 11.3 Å². The number of carbonyl (C=O) groups excluding carboxylic acids is 1. The van der Waals surface area contributed by atoms with Crippen LogP contribution in [0.2, 0.25) is 0 Å². The van der Waals surface area contributed by atoms with Crippen molar-refractivity contribution in [3.05, 3.63) is 35.5 Å². The van der Waals surface area contributed by atoms with E-state index in [9.17, 15) is 4.79 Å². The highest BCUT2D eigenvalue weighted by Crippen LogP contribution is 2.17. The number of piperazine rings is 1. The van der Waals surface area contributed by atoms with Gasteiger partial charge >= 0.3 is 0 Å². The van der Waals surface area contributed by atoms with E-state index in [-0.39, 0.29) is 5.91 Å². The summed E-state index contributed by atoms with van der Waals surface area (Å²) in [5.41, 5.74) is 0.839. The third kappa shape index (κ3) is 3.36. The minimum atomic E-state index is 0.147. The van der Waals surface area contributed by atoms with E-state index >= 15 is 0 Å². The predicted octanol–water partition coefficient (Wildman–Crippen LogP) is 1.47. The van der Waals surface area contributed by atoms with Crippen LogP contribution in [0.1, 0.15) is 5.69 Å². The van der Waals surface area contributed by atoms with Crippen molar-refractivity contribution in [1.82, 2.24) is 14.9 Å². The molecule has 2 aromatic heterocycles. The maximum Gasteiger partial charge on any atom is 0.228 e. The smallest absolute Gasteiger partial charge is 0.228 e. The summed E-state index contributed by atoms with van der Waals surface area (Å²) in [5, 5.41) is 5.78. The van der Waals surface area contributed by atoms with Crippen LogP contribution < -0.4 is 10.2 Å². The number of thiazole rings is 1. The van der Waals surface area contributed by atoms with Crippen LogP contribution in [0.5, 0.6) is 0 Å². The summed E-state index contributed by atoms with van der Waals surface area (Å²) >= 11 is 1.53. The van der Waals surface area contributed by atoms with Gasteiger partial charge in [-0.25, -0.2) is 9.97 Å². The van der Waals surface area contributed by atoms with Crippen molar-refractivity contribution in [2.24, 2.45) is 0 Å². The first-order valence-corrected chi connectivity index (χ1v) is 8.20. The molecule has 0 spiro atoms. The van der Waals surface area contributed by atoms with Gasteiger partial charge in [-0.1, -0.05) is 6.07 Å². The third-order valence-corrected chi connectivity index (χ3v) is 4.61. The van der Waals surface area contributed by atoms with Crippen LogP contribution in [0.15, 0.2) is 29.8 Å². The summed E-state index contributed by atoms with van der Waals surface area (Å²) in [6.07, 6.45) is 2.18. The van der Waals surface area contributed by atoms with Crippen LogP contribution in [-0.4, -0.2) is 54.0 Å². The summed E-state index contributed by atoms with van der Waals surface area (Å²) in [6.45, 7) is 3.11. The largest absolute Gasteiger partial charge is 0.365 e. The maximum atomic E-state index is 12.3. The standard InChI is InChI=1S/C15H19N5OS/c1-16-15-18-12(11-22-15)10-14(21)20-8-6-19(7-9-20)13-4-2-3-5-17-13/h2-5,11H,6-10H2,1H3,(H,16,18). The van der Waals surface area contributed by atoms with E-state index in [2.05, 4.69) is 20.2 Å². The highest BCUT2D eigenvalue weighted by atomic mass is 32.1. The summed E-state index contributed by atoms with van der Waals surface area (Å²) in [5.74, 6) is 1.13. The van der Waals surface area contributed by atoms with E-state index in [1.165, 1.54) is 11.3 Å². The highest BCUT2D eigenvalue weighted by molar-refractivity contribution is 7.13. The molecule has 22 heavy (non-hydrogen) atoms. The van der Waals surface area contributed by atoms with Crippen LogP contribution in [0.4, 0.5) is 10.9 Å². The Kier molecular flexibility index (Phi) is 4.53. The van der Waals surface area contributed by atoms with E-state index in [4.69, 9.17) is 0 Å². The van der Waals surface area contributed by atoms with Gasteiger partial charge in [0.15, 0.2) is 5.13 Å². The normalized spacial score (nSPS) is 15.0. The Bertz CT molecular complexity index is 622. The quantitative estimate of drug-likeness (QED) is 0.925. The van der Waals surface area contributed by atoms with Gasteiger partial charge in [-0.15, -0.1) is 11.3 Å². The first-order chi connectivity index (χ1) is 10.8. The van der Waals surface area contributed by atoms with Crippen molar-refractivity contribution in [2.75, 3.05) is 43.4 Å². The molecular formula is C15H19N5OS. The minimum absolute atomic E-state index is 0.147. The van der Waals surface area contributed by atoms with Gasteiger partial charge in [-0.2, -0.15) is 0 Å². The number of nitrogens with one attached hydrogen (secondary N) is 1. The molecular weight excluding hydrogens is 298 g/mol. The second-order valence-electron chi connectivity index (χ2n) is 5.13. The van der Waals surface area contributed by atoms with Gasteiger partial charge in [-0.05, 0) is 12.1 Å². The Balaban J connectivity index is 1.53. The van der Waals surface area contributed by atoms with Crippen molar-refractivity contribution in [1.29, 1.82) is 0 Å². The first-order valence-electron chi connectivity index (χ1n) is 7.32. The molecule has 3 heterocycles. The van der Waals surface area contributed by atoms with Gasteiger partial charge in [0.1, 0.15) is 5.82 Å². The molecule has 3 rings (SSSR count). The Hall–Kier alpha value is -2.15. The first kappa shape index (κ1) is 14.8. The summed E-state index contributed by atoms with van der Waals surface area (Å²) in [7, 11) is 1.83. The van der Waals surface area contributed by atoms with Crippen LogP contribution in [0.25, 0.3) is 0 Å². The zero-order valence-corrected chi connectivity index (χ0v) is 13.3. The van der Waals surface area contributed by atoms with E-state index in [1.807, 2.05) is 35.5 Å². The monoisotopic (exact) mass is 317 g/mol. The van der Waals surface area contributed by atoms with Crippen molar-refractivity contribution in [2.45, 2.75) is 6.42 Å². The molecule has 1 N–H and O–H groups in total. The fourth-order valence-electron chi connectivity index (χ4n) is 2.50. The average Bonchev–Trinajstić information content (AvgIpc) is 3.03. The lowest BCUT2D eigenvalue weighted by Crippen LogP contribution is -2.49. The predicted molar refractivity (Wildman–Crippen MR) is 88.4 cm³/mol. The van der Waals surface area contributed by atoms with Crippen molar-refractivity contribution in [3.8, 4) is 0 Å². The van der Waals surface area contributed by atoms with Crippen molar-refractivity contribution < 1.29 is 4.79 Å². The molecule has 1 fully saturated rings. The van der Waals surface area contributed by atoms with E-state index in [1.54, 1.807) is 6.20 Å². The van der Waals surface area contributed by atoms with Gasteiger partial charge in [-0.3, -0.25) is 4.79 Å². The topological polar surface area (TPSA) is 61.4 Å². The lowest BCUT2D eigenvalue weighted by Gasteiger charge is -2.35. The lowest BCUT2D eigenvalue weighted by molar-refractivity contribution is -0.130. The highest BCUT2D eigenvalue weighted by Gasteiger charge is 2.22. The number of hydrogen-bond donors (Lipinski definition) is 1. The number of aromatic nitrogens is 2. The Morgan fingerprint density at radius 3 is 2.77 bits per heavy atom. The van der Waals surface area contributed by atoms with Crippen molar-refractivity contribution >= 4 is 28.2 Å².